The maximum atomic E-state index is 13.0. The Hall–Kier alpha value is -2.72. The molecule has 1 aromatic carbocycles. The van der Waals surface area contributed by atoms with Gasteiger partial charge in [0.25, 0.3) is 5.56 Å². The van der Waals surface area contributed by atoms with Crippen LogP contribution in [0, 0.1) is 0 Å². The smallest absolute Gasteiger partial charge is 0.262 e. The largest absolute Gasteiger partial charge is 0.376 e. The van der Waals surface area contributed by atoms with Crippen LogP contribution in [-0.4, -0.2) is 49.1 Å². The normalized spacial score (nSPS) is 16.7. The molecule has 1 amide bonds. The first-order valence-corrected chi connectivity index (χ1v) is 9.58. The number of ether oxygens (including phenoxy) is 1. The molecule has 2 N–H and O–H groups in total. The molecule has 0 unspecified atom stereocenters. The van der Waals surface area contributed by atoms with Gasteiger partial charge in [-0.15, -0.1) is 0 Å². The first-order valence-electron chi connectivity index (χ1n) is 8.60. The summed E-state index contributed by atoms with van der Waals surface area (Å²) in [4.78, 5) is 33.6. The van der Waals surface area contributed by atoms with Gasteiger partial charge in [-0.3, -0.25) is 19.5 Å². The van der Waals surface area contributed by atoms with Crippen LogP contribution in [0.1, 0.15) is 12.8 Å². The fourth-order valence-electron chi connectivity index (χ4n) is 2.97. The molecule has 0 radical (unpaired) electrons. The average Bonchev–Trinajstić information content (AvgIpc) is 3.37. The Morgan fingerprint density at radius 1 is 1.41 bits per heavy atom. The molecule has 0 spiro atoms. The van der Waals surface area contributed by atoms with Crippen molar-refractivity contribution in [1.82, 2.24) is 24.7 Å². The summed E-state index contributed by atoms with van der Waals surface area (Å²) in [7, 11) is 0. The van der Waals surface area contributed by atoms with Crippen LogP contribution in [0.4, 0.5) is 5.95 Å². The van der Waals surface area contributed by atoms with E-state index in [2.05, 4.69) is 25.5 Å². The van der Waals surface area contributed by atoms with Crippen LogP contribution in [0.5, 0.6) is 0 Å². The molecule has 1 fully saturated rings. The van der Waals surface area contributed by atoms with Gasteiger partial charge in [-0.1, -0.05) is 23.9 Å². The van der Waals surface area contributed by atoms with Gasteiger partial charge in [-0.2, -0.15) is 10.1 Å². The number of aromatic nitrogens is 5. The summed E-state index contributed by atoms with van der Waals surface area (Å²) in [5.74, 6) is 0.114. The Bertz CT molecular complexity index is 998. The molecule has 9 nitrogen and oxygen atoms in total. The molecule has 1 aliphatic heterocycles. The molecule has 27 heavy (non-hydrogen) atoms. The summed E-state index contributed by atoms with van der Waals surface area (Å²) in [6.07, 6.45) is 3.21. The second kappa shape index (κ2) is 7.89. The zero-order valence-electron chi connectivity index (χ0n) is 14.4. The topological polar surface area (TPSA) is 115 Å². The van der Waals surface area contributed by atoms with Crippen molar-refractivity contribution in [1.29, 1.82) is 0 Å². The predicted molar refractivity (Wildman–Crippen MR) is 101 cm³/mol. The van der Waals surface area contributed by atoms with E-state index in [-0.39, 0.29) is 29.3 Å². The lowest BCUT2D eigenvalue weighted by Gasteiger charge is -2.16. The number of fused-ring (bicyclic) bond motifs is 1. The molecule has 3 aromatic rings. The molecule has 3 heterocycles. The minimum Gasteiger partial charge on any atom is -0.376 e. The Morgan fingerprint density at radius 2 is 2.30 bits per heavy atom. The van der Waals surface area contributed by atoms with Crippen LogP contribution in [0.3, 0.4) is 0 Å². The van der Waals surface area contributed by atoms with Crippen molar-refractivity contribution in [3.63, 3.8) is 0 Å². The van der Waals surface area contributed by atoms with Crippen LogP contribution >= 0.6 is 11.8 Å². The van der Waals surface area contributed by atoms with Gasteiger partial charge < -0.3 is 4.74 Å². The Labute approximate surface area is 158 Å². The highest BCUT2D eigenvalue weighted by Gasteiger charge is 2.20. The van der Waals surface area contributed by atoms with E-state index < -0.39 is 0 Å². The third-order valence-corrected chi connectivity index (χ3v) is 5.22. The third kappa shape index (κ3) is 4.01. The van der Waals surface area contributed by atoms with E-state index in [4.69, 9.17) is 4.74 Å². The lowest BCUT2D eigenvalue weighted by atomic mass is 10.2. The summed E-state index contributed by atoms with van der Waals surface area (Å²) in [5, 5.41) is 9.92. The van der Waals surface area contributed by atoms with E-state index in [9.17, 15) is 9.59 Å². The number of nitrogens with one attached hydrogen (secondary N) is 2. The van der Waals surface area contributed by atoms with Gasteiger partial charge in [0.2, 0.25) is 11.9 Å². The summed E-state index contributed by atoms with van der Waals surface area (Å²) in [6, 6.07) is 7.22. The Morgan fingerprint density at radius 3 is 3.07 bits per heavy atom. The van der Waals surface area contributed by atoms with E-state index >= 15 is 0 Å². The second-order valence-corrected chi connectivity index (χ2v) is 7.08. The molecule has 0 aliphatic carbocycles. The van der Waals surface area contributed by atoms with E-state index in [1.807, 2.05) is 12.1 Å². The molecule has 0 saturated carbocycles. The predicted octanol–water partition coefficient (Wildman–Crippen LogP) is 1.42. The molecule has 1 aliphatic rings. The van der Waals surface area contributed by atoms with Crippen molar-refractivity contribution in [2.24, 2.45) is 0 Å². The number of thioether (sulfide) groups is 1. The maximum absolute atomic E-state index is 13.0. The van der Waals surface area contributed by atoms with Gasteiger partial charge >= 0.3 is 0 Å². The molecule has 10 heteroatoms. The van der Waals surface area contributed by atoms with Crippen LogP contribution in [0.2, 0.25) is 0 Å². The van der Waals surface area contributed by atoms with E-state index in [1.54, 1.807) is 16.7 Å². The van der Waals surface area contributed by atoms with E-state index in [1.165, 1.54) is 18.1 Å². The average molecular weight is 386 g/mol. The lowest BCUT2D eigenvalue weighted by molar-refractivity contribution is -0.113. The Balaban J connectivity index is 1.59. The molecule has 2 aromatic heterocycles. The zero-order chi connectivity index (χ0) is 18.6. The lowest BCUT2D eigenvalue weighted by Crippen LogP contribution is -2.29. The summed E-state index contributed by atoms with van der Waals surface area (Å²) in [5.41, 5.74) is 0.499. The number of carbonyl (C=O) groups is 1. The summed E-state index contributed by atoms with van der Waals surface area (Å²) < 4.78 is 7.30. The number of hydrogen-bond donors (Lipinski definition) is 2. The molecule has 1 atom stereocenters. The number of H-pyrrole nitrogens is 1. The number of carbonyl (C=O) groups excluding carboxylic acids is 1. The number of aromatic amines is 1. The van der Waals surface area contributed by atoms with Crippen LogP contribution < -0.4 is 10.9 Å². The number of anilines is 1. The third-order valence-electron chi connectivity index (χ3n) is 4.24. The van der Waals surface area contributed by atoms with Crippen LogP contribution in [0.25, 0.3) is 10.9 Å². The van der Waals surface area contributed by atoms with Gasteiger partial charge in [-0.25, -0.2) is 10.1 Å². The highest BCUT2D eigenvalue weighted by molar-refractivity contribution is 7.99. The molecular formula is C17H18N6O3S. The number of hydrogen-bond acceptors (Lipinski definition) is 7. The van der Waals surface area contributed by atoms with Gasteiger partial charge in [0, 0.05) is 6.61 Å². The Kier molecular flexibility index (Phi) is 5.16. The number of amides is 1. The molecular weight excluding hydrogens is 368 g/mol. The van der Waals surface area contributed by atoms with E-state index in [0.717, 1.165) is 12.8 Å². The van der Waals surface area contributed by atoms with E-state index in [0.29, 0.717) is 29.2 Å². The first-order chi connectivity index (χ1) is 13.2. The van der Waals surface area contributed by atoms with Gasteiger partial charge in [-0.05, 0) is 25.0 Å². The highest BCUT2D eigenvalue weighted by Crippen LogP contribution is 2.21. The summed E-state index contributed by atoms with van der Waals surface area (Å²) >= 11 is 1.21. The SMILES string of the molecule is O=C(CSc1nc2ccccc2c(=O)n1C[C@@H]1CCCO1)Nc1ncn[nH]1. The minimum atomic E-state index is -0.261. The summed E-state index contributed by atoms with van der Waals surface area (Å²) in [6.45, 7) is 1.14. The maximum Gasteiger partial charge on any atom is 0.262 e. The van der Waals surface area contributed by atoms with Crippen molar-refractivity contribution in [3.8, 4) is 0 Å². The number of nitrogens with zero attached hydrogens (tertiary/aromatic N) is 4. The van der Waals surface area contributed by atoms with Crippen LogP contribution in [0.15, 0.2) is 40.5 Å². The van der Waals surface area contributed by atoms with Gasteiger partial charge in [0.1, 0.15) is 6.33 Å². The fourth-order valence-corrected chi connectivity index (χ4v) is 3.78. The number of para-hydroxylation sites is 1. The van der Waals surface area contributed by atoms with Crippen molar-refractivity contribution in [3.05, 3.63) is 40.9 Å². The van der Waals surface area contributed by atoms with Crippen molar-refractivity contribution in [2.75, 3.05) is 17.7 Å². The molecule has 1 saturated heterocycles. The van der Waals surface area contributed by atoms with Crippen molar-refractivity contribution >= 4 is 34.5 Å². The standard InChI is InChI=1S/C17H18N6O3S/c24-14(21-16-18-10-19-22-16)9-27-17-20-13-6-2-1-5-12(13)15(25)23(17)8-11-4-3-7-26-11/h1-2,5-6,10-11H,3-4,7-9H2,(H2,18,19,21,22,24)/t11-/m0/s1. The van der Waals surface area contributed by atoms with Crippen LogP contribution in [-0.2, 0) is 16.1 Å². The van der Waals surface area contributed by atoms with Gasteiger partial charge in [0.05, 0.1) is 29.3 Å². The fraction of sp³-hybridized carbons (Fsp3) is 0.353. The highest BCUT2D eigenvalue weighted by atomic mass is 32.2. The molecule has 0 bridgehead atoms. The molecule has 4 rings (SSSR count). The number of rotatable bonds is 6. The second-order valence-electron chi connectivity index (χ2n) is 6.13. The monoisotopic (exact) mass is 386 g/mol. The zero-order valence-corrected chi connectivity index (χ0v) is 15.2. The van der Waals surface area contributed by atoms with Crippen molar-refractivity contribution in [2.45, 2.75) is 30.6 Å². The molecule has 140 valence electrons. The quantitative estimate of drug-likeness (QED) is 0.486. The van der Waals surface area contributed by atoms with Gasteiger partial charge in [0.15, 0.2) is 5.16 Å². The first kappa shape index (κ1) is 17.7. The minimum absolute atomic E-state index is 0.00645. The van der Waals surface area contributed by atoms with Crippen molar-refractivity contribution < 1.29 is 9.53 Å². The number of benzene rings is 1.